The number of nitrogens with one attached hydrogen (secondary N) is 1. The zero-order chi connectivity index (χ0) is 10.6. The first-order valence-electron chi connectivity index (χ1n) is 4.63. The Morgan fingerprint density at radius 2 is 2.21 bits per heavy atom. The minimum absolute atomic E-state index is 0.0273. The van der Waals surface area contributed by atoms with Gasteiger partial charge in [-0.05, 0) is 6.42 Å². The molecule has 0 unspecified atom stereocenters. The van der Waals surface area contributed by atoms with Crippen molar-refractivity contribution in [3.63, 3.8) is 0 Å². The topological polar surface area (TPSA) is 54.9 Å². The highest BCUT2D eigenvalue weighted by Gasteiger charge is 2.25. The van der Waals surface area contributed by atoms with E-state index < -0.39 is 0 Å². The quantitative estimate of drug-likeness (QED) is 0.797. The van der Waals surface area contributed by atoms with Crippen LogP contribution < -0.4 is 5.32 Å². The fourth-order valence-corrected chi connectivity index (χ4v) is 0.810. The molecule has 0 aliphatic carbocycles. The molecule has 0 fully saturated rings. The van der Waals surface area contributed by atoms with Gasteiger partial charge in [0.25, 0.3) is 0 Å². The van der Waals surface area contributed by atoms with Gasteiger partial charge in [-0.1, -0.05) is 20.8 Å². The fourth-order valence-electron chi connectivity index (χ4n) is 0.810. The second kappa shape index (κ2) is 4.17. The SMILES string of the molecule is CCC(C)(C)C(=O)Nc1cnccn1. The number of hydrogen-bond acceptors (Lipinski definition) is 3. The molecule has 1 aromatic rings. The lowest BCUT2D eigenvalue weighted by molar-refractivity contribution is -0.124. The summed E-state index contributed by atoms with van der Waals surface area (Å²) in [6.07, 6.45) is 5.44. The van der Waals surface area contributed by atoms with Crippen molar-refractivity contribution in [2.45, 2.75) is 27.2 Å². The molecule has 0 bridgehead atoms. The Morgan fingerprint density at radius 3 is 2.71 bits per heavy atom. The summed E-state index contributed by atoms with van der Waals surface area (Å²) in [5, 5.41) is 2.72. The molecule has 4 nitrogen and oxygen atoms in total. The molecule has 76 valence electrons. The maximum atomic E-state index is 11.7. The first-order valence-corrected chi connectivity index (χ1v) is 4.63. The van der Waals surface area contributed by atoms with Gasteiger partial charge in [-0.3, -0.25) is 9.78 Å². The Balaban J connectivity index is 2.67. The molecular weight excluding hydrogens is 178 g/mol. The Bertz CT molecular complexity index is 308. The molecule has 0 radical (unpaired) electrons. The van der Waals surface area contributed by atoms with Crippen LogP contribution in [0, 0.1) is 5.41 Å². The normalized spacial score (nSPS) is 11.1. The van der Waals surface area contributed by atoms with Crippen molar-refractivity contribution in [2.24, 2.45) is 5.41 Å². The summed E-state index contributed by atoms with van der Waals surface area (Å²) in [6, 6.07) is 0. The Morgan fingerprint density at radius 1 is 1.50 bits per heavy atom. The molecular formula is C10H15N3O. The molecule has 1 rings (SSSR count). The number of carbonyl (C=O) groups excluding carboxylic acids is 1. The highest BCUT2D eigenvalue weighted by atomic mass is 16.2. The van der Waals surface area contributed by atoms with Crippen LogP contribution in [0.5, 0.6) is 0 Å². The zero-order valence-electron chi connectivity index (χ0n) is 8.74. The van der Waals surface area contributed by atoms with Crippen molar-refractivity contribution in [3.05, 3.63) is 18.6 Å². The van der Waals surface area contributed by atoms with Gasteiger partial charge in [-0.2, -0.15) is 0 Å². The van der Waals surface area contributed by atoms with Gasteiger partial charge < -0.3 is 5.32 Å². The van der Waals surface area contributed by atoms with E-state index in [4.69, 9.17) is 0 Å². The molecule has 0 saturated heterocycles. The van der Waals surface area contributed by atoms with E-state index in [1.54, 1.807) is 12.4 Å². The van der Waals surface area contributed by atoms with Crippen molar-refractivity contribution in [2.75, 3.05) is 5.32 Å². The number of anilines is 1. The molecule has 1 aromatic heterocycles. The van der Waals surface area contributed by atoms with E-state index in [0.717, 1.165) is 6.42 Å². The second-order valence-electron chi connectivity index (χ2n) is 3.78. The predicted molar refractivity (Wildman–Crippen MR) is 54.7 cm³/mol. The zero-order valence-corrected chi connectivity index (χ0v) is 8.74. The van der Waals surface area contributed by atoms with Crippen LogP contribution in [0.15, 0.2) is 18.6 Å². The van der Waals surface area contributed by atoms with Crippen LogP contribution in [0.4, 0.5) is 5.82 Å². The molecule has 0 aliphatic rings. The third kappa shape index (κ3) is 2.52. The van der Waals surface area contributed by atoms with Gasteiger partial charge in [-0.25, -0.2) is 4.98 Å². The lowest BCUT2D eigenvalue weighted by Crippen LogP contribution is -2.30. The van der Waals surface area contributed by atoms with Gasteiger partial charge in [0.1, 0.15) is 0 Å². The second-order valence-corrected chi connectivity index (χ2v) is 3.78. The minimum atomic E-state index is -0.364. The van der Waals surface area contributed by atoms with Gasteiger partial charge >= 0.3 is 0 Å². The van der Waals surface area contributed by atoms with Gasteiger partial charge in [0.2, 0.25) is 5.91 Å². The van der Waals surface area contributed by atoms with Crippen molar-refractivity contribution >= 4 is 11.7 Å². The molecule has 4 heteroatoms. The number of nitrogens with zero attached hydrogens (tertiary/aromatic N) is 2. The maximum absolute atomic E-state index is 11.7. The van der Waals surface area contributed by atoms with Crippen molar-refractivity contribution in [1.29, 1.82) is 0 Å². The Kier molecular flexibility index (Phi) is 3.17. The maximum Gasteiger partial charge on any atom is 0.231 e. The van der Waals surface area contributed by atoms with E-state index in [1.165, 1.54) is 6.20 Å². The molecule has 0 aromatic carbocycles. The first kappa shape index (κ1) is 10.6. The van der Waals surface area contributed by atoms with E-state index in [9.17, 15) is 4.79 Å². The summed E-state index contributed by atoms with van der Waals surface area (Å²) in [7, 11) is 0. The predicted octanol–water partition coefficient (Wildman–Crippen LogP) is 1.85. The first-order chi connectivity index (χ1) is 6.56. The lowest BCUT2D eigenvalue weighted by atomic mass is 9.89. The number of rotatable bonds is 3. The molecule has 1 amide bonds. The van der Waals surface area contributed by atoms with Crippen LogP contribution in [0.3, 0.4) is 0 Å². The molecule has 1 heterocycles. The molecule has 0 spiro atoms. The minimum Gasteiger partial charge on any atom is -0.309 e. The van der Waals surface area contributed by atoms with E-state index in [2.05, 4.69) is 15.3 Å². The van der Waals surface area contributed by atoms with E-state index in [0.29, 0.717) is 5.82 Å². The molecule has 0 aliphatic heterocycles. The molecule has 0 atom stereocenters. The summed E-state index contributed by atoms with van der Waals surface area (Å²) >= 11 is 0. The highest BCUT2D eigenvalue weighted by molar-refractivity contribution is 5.93. The summed E-state index contributed by atoms with van der Waals surface area (Å²) in [6.45, 7) is 5.79. The molecule has 0 saturated carbocycles. The highest BCUT2D eigenvalue weighted by Crippen LogP contribution is 2.21. The van der Waals surface area contributed by atoms with E-state index in [1.807, 2.05) is 20.8 Å². The van der Waals surface area contributed by atoms with Crippen LogP contribution in [0.2, 0.25) is 0 Å². The number of hydrogen-bond donors (Lipinski definition) is 1. The van der Waals surface area contributed by atoms with Crippen LogP contribution in [-0.4, -0.2) is 15.9 Å². The van der Waals surface area contributed by atoms with Crippen LogP contribution >= 0.6 is 0 Å². The summed E-state index contributed by atoms with van der Waals surface area (Å²) in [5.41, 5.74) is -0.364. The lowest BCUT2D eigenvalue weighted by Gasteiger charge is -2.20. The summed E-state index contributed by atoms with van der Waals surface area (Å²) in [4.78, 5) is 19.5. The molecule has 1 N–H and O–H groups in total. The summed E-state index contributed by atoms with van der Waals surface area (Å²) < 4.78 is 0. The smallest absolute Gasteiger partial charge is 0.231 e. The number of amides is 1. The van der Waals surface area contributed by atoms with Crippen LogP contribution in [0.25, 0.3) is 0 Å². The van der Waals surface area contributed by atoms with Crippen molar-refractivity contribution in [1.82, 2.24) is 9.97 Å². The van der Waals surface area contributed by atoms with E-state index in [-0.39, 0.29) is 11.3 Å². The monoisotopic (exact) mass is 193 g/mol. The Labute approximate surface area is 83.8 Å². The van der Waals surface area contributed by atoms with Crippen molar-refractivity contribution < 1.29 is 4.79 Å². The number of aromatic nitrogens is 2. The van der Waals surface area contributed by atoms with Gasteiger partial charge in [0.15, 0.2) is 5.82 Å². The third-order valence-electron chi connectivity index (χ3n) is 2.30. The van der Waals surface area contributed by atoms with Crippen molar-refractivity contribution in [3.8, 4) is 0 Å². The van der Waals surface area contributed by atoms with Gasteiger partial charge in [0, 0.05) is 17.8 Å². The fraction of sp³-hybridized carbons (Fsp3) is 0.500. The number of carbonyl (C=O) groups is 1. The molecule has 14 heavy (non-hydrogen) atoms. The Hall–Kier alpha value is -1.45. The summed E-state index contributed by atoms with van der Waals surface area (Å²) in [5.74, 6) is 0.472. The van der Waals surface area contributed by atoms with Crippen LogP contribution in [-0.2, 0) is 4.79 Å². The van der Waals surface area contributed by atoms with Crippen LogP contribution in [0.1, 0.15) is 27.2 Å². The largest absolute Gasteiger partial charge is 0.309 e. The average Bonchev–Trinajstić information content (AvgIpc) is 2.19. The van der Waals surface area contributed by atoms with Gasteiger partial charge in [-0.15, -0.1) is 0 Å². The average molecular weight is 193 g/mol. The standard InChI is InChI=1S/C10H15N3O/c1-4-10(2,3)9(14)13-8-7-11-5-6-12-8/h5-7H,4H2,1-3H3,(H,12,13,14). The van der Waals surface area contributed by atoms with Gasteiger partial charge in [0.05, 0.1) is 6.20 Å². The van der Waals surface area contributed by atoms with E-state index >= 15 is 0 Å². The third-order valence-corrected chi connectivity index (χ3v) is 2.30.